The van der Waals surface area contributed by atoms with Gasteiger partial charge in [-0.3, -0.25) is 0 Å². The predicted octanol–water partition coefficient (Wildman–Crippen LogP) is 3.67. The van der Waals surface area contributed by atoms with Gasteiger partial charge in [0.2, 0.25) is 0 Å². The minimum Gasteiger partial charge on any atom is -0.244 e. The SMILES string of the molecule is Brc1cnc(Br)c(-c2ccccc2)n1. The molecule has 0 amide bonds. The molecule has 0 saturated heterocycles. The highest BCUT2D eigenvalue weighted by molar-refractivity contribution is 9.11. The normalized spacial score (nSPS) is 10.1. The van der Waals surface area contributed by atoms with E-state index < -0.39 is 0 Å². The highest BCUT2D eigenvalue weighted by Gasteiger charge is 2.05. The predicted molar refractivity (Wildman–Crippen MR) is 62.9 cm³/mol. The van der Waals surface area contributed by atoms with E-state index in [2.05, 4.69) is 41.8 Å². The molecule has 0 saturated carbocycles. The summed E-state index contributed by atoms with van der Waals surface area (Å²) in [6, 6.07) is 9.93. The zero-order chi connectivity index (χ0) is 9.97. The molecule has 4 heteroatoms. The summed E-state index contributed by atoms with van der Waals surface area (Å²) in [6.45, 7) is 0. The van der Waals surface area contributed by atoms with Crippen LogP contribution in [0.15, 0.2) is 45.7 Å². The second-order valence-corrected chi connectivity index (χ2v) is 4.26. The van der Waals surface area contributed by atoms with Gasteiger partial charge in [-0.1, -0.05) is 30.3 Å². The van der Waals surface area contributed by atoms with Gasteiger partial charge in [0.15, 0.2) is 0 Å². The topological polar surface area (TPSA) is 25.8 Å². The third-order valence-electron chi connectivity index (χ3n) is 1.75. The molecule has 0 aliphatic carbocycles. The average Bonchev–Trinajstić information content (AvgIpc) is 2.23. The van der Waals surface area contributed by atoms with Crippen molar-refractivity contribution in [2.24, 2.45) is 0 Å². The van der Waals surface area contributed by atoms with Gasteiger partial charge in [-0.25, -0.2) is 9.97 Å². The highest BCUT2D eigenvalue weighted by Crippen LogP contribution is 2.25. The summed E-state index contributed by atoms with van der Waals surface area (Å²) < 4.78 is 1.49. The molecule has 2 rings (SSSR count). The summed E-state index contributed by atoms with van der Waals surface area (Å²) in [7, 11) is 0. The summed E-state index contributed by atoms with van der Waals surface area (Å²) >= 11 is 6.67. The van der Waals surface area contributed by atoms with E-state index in [1.165, 1.54) is 0 Å². The molecule has 70 valence electrons. The molecule has 0 unspecified atom stereocenters. The molecular formula is C10H6Br2N2. The first kappa shape index (κ1) is 9.80. The maximum atomic E-state index is 4.35. The average molecular weight is 314 g/mol. The lowest BCUT2D eigenvalue weighted by Crippen LogP contribution is -1.88. The first-order valence-electron chi connectivity index (χ1n) is 4.01. The molecule has 2 nitrogen and oxygen atoms in total. The minimum absolute atomic E-state index is 0.736. The van der Waals surface area contributed by atoms with Crippen LogP contribution in [-0.2, 0) is 0 Å². The van der Waals surface area contributed by atoms with Crippen LogP contribution in [0.5, 0.6) is 0 Å². The maximum Gasteiger partial charge on any atom is 0.132 e. The molecule has 0 aliphatic heterocycles. The fourth-order valence-corrected chi connectivity index (χ4v) is 1.83. The minimum atomic E-state index is 0.736. The van der Waals surface area contributed by atoms with E-state index in [0.717, 1.165) is 20.5 Å². The maximum absolute atomic E-state index is 4.35. The van der Waals surface area contributed by atoms with E-state index >= 15 is 0 Å². The van der Waals surface area contributed by atoms with Crippen molar-refractivity contribution in [1.29, 1.82) is 0 Å². The summed E-state index contributed by atoms with van der Waals surface area (Å²) in [5.41, 5.74) is 1.90. The van der Waals surface area contributed by atoms with Crippen molar-refractivity contribution in [3.63, 3.8) is 0 Å². The van der Waals surface area contributed by atoms with Crippen molar-refractivity contribution in [2.75, 3.05) is 0 Å². The standard InChI is InChI=1S/C10H6Br2N2/c11-8-6-13-10(12)9(14-8)7-4-2-1-3-5-7/h1-6H. The fourth-order valence-electron chi connectivity index (χ4n) is 1.13. The smallest absolute Gasteiger partial charge is 0.132 e. The largest absolute Gasteiger partial charge is 0.244 e. The quantitative estimate of drug-likeness (QED) is 0.803. The third-order valence-corrected chi connectivity index (χ3v) is 2.71. The molecule has 1 aromatic carbocycles. The van der Waals surface area contributed by atoms with Crippen LogP contribution in [0.25, 0.3) is 11.3 Å². The van der Waals surface area contributed by atoms with Crippen LogP contribution in [0, 0.1) is 0 Å². The first-order valence-corrected chi connectivity index (χ1v) is 5.59. The second kappa shape index (κ2) is 4.19. The number of benzene rings is 1. The molecule has 0 bridgehead atoms. The van der Waals surface area contributed by atoms with Crippen LogP contribution >= 0.6 is 31.9 Å². The van der Waals surface area contributed by atoms with Crippen molar-refractivity contribution in [3.05, 3.63) is 45.7 Å². The van der Waals surface area contributed by atoms with Crippen LogP contribution in [0.3, 0.4) is 0 Å². The zero-order valence-electron chi connectivity index (χ0n) is 7.11. The van der Waals surface area contributed by atoms with Crippen LogP contribution in [0.1, 0.15) is 0 Å². The Balaban J connectivity index is 2.57. The van der Waals surface area contributed by atoms with Crippen molar-refractivity contribution < 1.29 is 0 Å². The van der Waals surface area contributed by atoms with Crippen LogP contribution in [0.4, 0.5) is 0 Å². The van der Waals surface area contributed by atoms with E-state index in [-0.39, 0.29) is 0 Å². The molecule has 0 fully saturated rings. The van der Waals surface area contributed by atoms with Crippen molar-refractivity contribution >= 4 is 31.9 Å². The van der Waals surface area contributed by atoms with Gasteiger partial charge in [-0.15, -0.1) is 0 Å². The van der Waals surface area contributed by atoms with Crippen molar-refractivity contribution in [2.45, 2.75) is 0 Å². The van der Waals surface area contributed by atoms with Gasteiger partial charge in [0, 0.05) is 5.56 Å². The second-order valence-electron chi connectivity index (χ2n) is 2.70. The Hall–Kier alpha value is -0.740. The van der Waals surface area contributed by atoms with Gasteiger partial charge in [-0.05, 0) is 31.9 Å². The molecular weight excluding hydrogens is 308 g/mol. The lowest BCUT2D eigenvalue weighted by molar-refractivity contribution is 1.14. The number of halogens is 2. The van der Waals surface area contributed by atoms with Crippen LogP contribution in [0.2, 0.25) is 0 Å². The zero-order valence-corrected chi connectivity index (χ0v) is 10.3. The lowest BCUT2D eigenvalue weighted by atomic mass is 10.2. The summed E-state index contributed by atoms with van der Waals surface area (Å²) in [5.74, 6) is 0. The van der Waals surface area contributed by atoms with Crippen LogP contribution < -0.4 is 0 Å². The molecule has 0 radical (unpaired) electrons. The number of aromatic nitrogens is 2. The van der Waals surface area contributed by atoms with Gasteiger partial charge in [-0.2, -0.15) is 0 Å². The Kier molecular flexibility index (Phi) is 2.93. The number of nitrogens with zero attached hydrogens (tertiary/aromatic N) is 2. The van der Waals surface area contributed by atoms with Gasteiger partial charge in [0.05, 0.1) is 6.20 Å². The Bertz CT molecular complexity index is 443. The lowest BCUT2D eigenvalue weighted by Gasteiger charge is -2.02. The molecule has 14 heavy (non-hydrogen) atoms. The van der Waals surface area contributed by atoms with Crippen molar-refractivity contribution in [1.82, 2.24) is 9.97 Å². The molecule has 1 heterocycles. The summed E-state index contributed by atoms with van der Waals surface area (Å²) in [5, 5.41) is 0. The highest BCUT2D eigenvalue weighted by atomic mass is 79.9. The third kappa shape index (κ3) is 2.01. The fraction of sp³-hybridized carbons (Fsp3) is 0. The number of hydrogen-bond donors (Lipinski definition) is 0. The van der Waals surface area contributed by atoms with E-state index in [1.807, 2.05) is 30.3 Å². The van der Waals surface area contributed by atoms with Gasteiger partial charge in [0.1, 0.15) is 14.9 Å². The Morgan fingerprint density at radius 2 is 1.71 bits per heavy atom. The molecule has 0 N–H and O–H groups in total. The number of rotatable bonds is 1. The monoisotopic (exact) mass is 312 g/mol. The molecule has 2 aromatic rings. The molecule has 0 atom stereocenters. The summed E-state index contributed by atoms with van der Waals surface area (Å²) in [4.78, 5) is 8.51. The molecule has 1 aromatic heterocycles. The summed E-state index contributed by atoms with van der Waals surface area (Å²) in [6.07, 6.45) is 1.66. The van der Waals surface area contributed by atoms with Gasteiger partial charge < -0.3 is 0 Å². The Morgan fingerprint density at radius 1 is 1.00 bits per heavy atom. The van der Waals surface area contributed by atoms with E-state index in [0.29, 0.717) is 0 Å². The molecule has 0 aliphatic rings. The first-order chi connectivity index (χ1) is 6.77. The van der Waals surface area contributed by atoms with E-state index in [1.54, 1.807) is 6.20 Å². The van der Waals surface area contributed by atoms with Crippen molar-refractivity contribution in [3.8, 4) is 11.3 Å². The Morgan fingerprint density at radius 3 is 2.43 bits per heavy atom. The van der Waals surface area contributed by atoms with Crippen LogP contribution in [-0.4, -0.2) is 9.97 Å². The van der Waals surface area contributed by atoms with Gasteiger partial charge >= 0.3 is 0 Å². The molecule has 0 spiro atoms. The Labute approximate surface area is 98.7 Å². The number of hydrogen-bond acceptors (Lipinski definition) is 2. The van der Waals surface area contributed by atoms with Gasteiger partial charge in [0.25, 0.3) is 0 Å². The van der Waals surface area contributed by atoms with E-state index in [4.69, 9.17) is 0 Å². The van der Waals surface area contributed by atoms with E-state index in [9.17, 15) is 0 Å².